The van der Waals surface area contributed by atoms with Crippen LogP contribution in [0.2, 0.25) is 5.02 Å². The lowest BCUT2D eigenvalue weighted by molar-refractivity contribution is -0.127. The Morgan fingerprint density at radius 2 is 1.67 bits per heavy atom. The second-order valence-electron chi connectivity index (χ2n) is 9.87. The highest BCUT2D eigenvalue weighted by molar-refractivity contribution is 6.32. The minimum absolute atomic E-state index is 0.00110. The van der Waals surface area contributed by atoms with Crippen LogP contribution in [0.3, 0.4) is 0 Å². The summed E-state index contributed by atoms with van der Waals surface area (Å²) in [6.45, 7) is 2.20. The highest BCUT2D eigenvalue weighted by Gasteiger charge is 2.53. The predicted octanol–water partition coefficient (Wildman–Crippen LogP) is 6.11. The average Bonchev–Trinajstić information content (AvgIpc) is 2.72. The van der Waals surface area contributed by atoms with E-state index in [1.54, 1.807) is 0 Å². The maximum atomic E-state index is 12.6. The van der Waals surface area contributed by atoms with Gasteiger partial charge in [-0.3, -0.25) is 4.79 Å². The van der Waals surface area contributed by atoms with E-state index in [0.717, 1.165) is 28.9 Å². The standard InChI is InChI=1S/C26H30ClNO2/c1-17(26-13-18-9-19(14-26)11-20(10-18)15-26)28-25(29)16-30-24-8-7-22(12-23(24)27)21-5-3-2-4-6-21/h2-8,12,17-20H,9-11,13-16H2,1H3,(H,28,29)/t17-,18?,19?,20?,26?/m0/s1. The van der Waals surface area contributed by atoms with Crippen molar-refractivity contribution in [3.8, 4) is 16.9 Å². The third-order valence-corrected chi connectivity index (χ3v) is 8.07. The van der Waals surface area contributed by atoms with E-state index < -0.39 is 0 Å². The molecule has 1 amide bonds. The van der Waals surface area contributed by atoms with Crippen molar-refractivity contribution < 1.29 is 9.53 Å². The van der Waals surface area contributed by atoms with Gasteiger partial charge < -0.3 is 10.1 Å². The third-order valence-electron chi connectivity index (χ3n) is 7.78. The SMILES string of the molecule is C[C@H](NC(=O)COc1ccc(-c2ccccc2)cc1Cl)C12CC3CC(CC(C3)C1)C2. The average molecular weight is 424 g/mol. The number of benzene rings is 2. The number of carbonyl (C=O) groups excluding carboxylic acids is 1. The Morgan fingerprint density at radius 1 is 1.03 bits per heavy atom. The fourth-order valence-corrected chi connectivity index (χ4v) is 6.95. The summed E-state index contributed by atoms with van der Waals surface area (Å²) < 4.78 is 5.77. The fourth-order valence-electron chi connectivity index (χ4n) is 6.72. The molecular formula is C26H30ClNO2. The molecule has 0 unspecified atom stereocenters. The fraction of sp³-hybridized carbons (Fsp3) is 0.500. The van der Waals surface area contributed by atoms with Gasteiger partial charge in [0, 0.05) is 6.04 Å². The van der Waals surface area contributed by atoms with E-state index in [2.05, 4.69) is 12.2 Å². The first-order valence-corrected chi connectivity index (χ1v) is 11.7. The lowest BCUT2D eigenvalue weighted by Gasteiger charge is -2.59. The minimum Gasteiger partial charge on any atom is -0.482 e. The Balaban J connectivity index is 1.19. The Morgan fingerprint density at radius 3 is 2.27 bits per heavy atom. The van der Waals surface area contributed by atoms with Crippen LogP contribution in [-0.4, -0.2) is 18.6 Å². The van der Waals surface area contributed by atoms with Gasteiger partial charge in [0.1, 0.15) is 5.75 Å². The summed E-state index contributed by atoms with van der Waals surface area (Å²) in [5, 5.41) is 3.78. The zero-order chi connectivity index (χ0) is 20.7. The molecule has 0 aromatic heterocycles. The van der Waals surface area contributed by atoms with Crippen LogP contribution in [0.15, 0.2) is 48.5 Å². The second kappa shape index (κ2) is 7.92. The highest BCUT2D eigenvalue weighted by atomic mass is 35.5. The smallest absolute Gasteiger partial charge is 0.258 e. The van der Waals surface area contributed by atoms with Gasteiger partial charge >= 0.3 is 0 Å². The minimum atomic E-state index is -0.0542. The van der Waals surface area contributed by atoms with Crippen LogP contribution < -0.4 is 10.1 Å². The first-order chi connectivity index (χ1) is 14.5. The number of ether oxygens (including phenoxy) is 1. The summed E-state index contributed by atoms with van der Waals surface area (Å²) >= 11 is 6.42. The molecule has 2 aromatic carbocycles. The molecule has 4 heteroatoms. The monoisotopic (exact) mass is 423 g/mol. The molecule has 0 heterocycles. The number of hydrogen-bond donors (Lipinski definition) is 1. The summed E-state index contributed by atoms with van der Waals surface area (Å²) in [7, 11) is 0. The van der Waals surface area contributed by atoms with Crippen LogP contribution in [0, 0.1) is 23.2 Å². The van der Waals surface area contributed by atoms with Crippen molar-refractivity contribution in [2.45, 2.75) is 51.5 Å². The van der Waals surface area contributed by atoms with Crippen LogP contribution in [0.25, 0.3) is 11.1 Å². The number of nitrogens with one attached hydrogen (secondary N) is 1. The maximum Gasteiger partial charge on any atom is 0.258 e. The largest absolute Gasteiger partial charge is 0.482 e. The molecule has 158 valence electrons. The number of halogens is 1. The zero-order valence-corrected chi connectivity index (χ0v) is 18.3. The van der Waals surface area contributed by atoms with E-state index in [4.69, 9.17) is 16.3 Å². The van der Waals surface area contributed by atoms with Gasteiger partial charge in [-0.05, 0) is 91.9 Å². The van der Waals surface area contributed by atoms with Crippen molar-refractivity contribution in [3.05, 3.63) is 53.6 Å². The Bertz CT molecular complexity index is 891. The van der Waals surface area contributed by atoms with Crippen molar-refractivity contribution in [2.24, 2.45) is 23.2 Å². The lowest BCUT2D eigenvalue weighted by atomic mass is 9.48. The molecule has 4 aliphatic rings. The molecule has 0 radical (unpaired) electrons. The van der Waals surface area contributed by atoms with Crippen molar-refractivity contribution >= 4 is 17.5 Å². The van der Waals surface area contributed by atoms with Crippen molar-refractivity contribution in [1.82, 2.24) is 5.32 Å². The Labute approximate surface area is 184 Å². The molecule has 3 nitrogen and oxygen atoms in total. The first kappa shape index (κ1) is 19.9. The molecular weight excluding hydrogens is 394 g/mol. The van der Waals surface area contributed by atoms with Gasteiger partial charge in [0.05, 0.1) is 5.02 Å². The summed E-state index contributed by atoms with van der Waals surface area (Å²) in [6.07, 6.45) is 8.11. The molecule has 0 spiro atoms. The van der Waals surface area contributed by atoms with Gasteiger partial charge in [0.2, 0.25) is 0 Å². The van der Waals surface area contributed by atoms with Crippen molar-refractivity contribution in [2.75, 3.05) is 6.61 Å². The molecule has 4 saturated carbocycles. The third kappa shape index (κ3) is 3.85. The molecule has 0 saturated heterocycles. The number of amides is 1. The van der Waals surface area contributed by atoms with E-state index in [1.165, 1.54) is 38.5 Å². The summed E-state index contributed by atoms with van der Waals surface area (Å²) in [5.74, 6) is 3.15. The summed E-state index contributed by atoms with van der Waals surface area (Å²) in [4.78, 5) is 12.6. The number of carbonyl (C=O) groups is 1. The first-order valence-electron chi connectivity index (χ1n) is 11.3. The molecule has 4 aliphatic carbocycles. The molecule has 0 aliphatic heterocycles. The quantitative estimate of drug-likeness (QED) is 0.608. The molecule has 4 bridgehead atoms. The predicted molar refractivity (Wildman–Crippen MR) is 121 cm³/mol. The van der Waals surface area contributed by atoms with E-state index in [0.29, 0.717) is 16.2 Å². The normalized spacial score (nSPS) is 30.1. The zero-order valence-electron chi connectivity index (χ0n) is 17.6. The number of rotatable bonds is 6. The van der Waals surface area contributed by atoms with Gasteiger partial charge in [-0.1, -0.05) is 48.0 Å². The van der Waals surface area contributed by atoms with Gasteiger partial charge in [-0.25, -0.2) is 0 Å². The Kier molecular flexibility index (Phi) is 5.26. The van der Waals surface area contributed by atoms with Gasteiger partial charge in [0.15, 0.2) is 6.61 Å². The Hall–Kier alpha value is -2.00. The number of hydrogen-bond acceptors (Lipinski definition) is 2. The van der Waals surface area contributed by atoms with Crippen molar-refractivity contribution in [3.63, 3.8) is 0 Å². The topological polar surface area (TPSA) is 38.3 Å². The second-order valence-corrected chi connectivity index (χ2v) is 10.3. The van der Waals surface area contributed by atoms with E-state index in [-0.39, 0.29) is 18.6 Å². The highest BCUT2D eigenvalue weighted by Crippen LogP contribution is 2.61. The molecule has 1 N–H and O–H groups in total. The summed E-state index contributed by atoms with van der Waals surface area (Å²) in [5.41, 5.74) is 2.44. The van der Waals surface area contributed by atoms with Crippen LogP contribution in [0.5, 0.6) is 5.75 Å². The van der Waals surface area contributed by atoms with Crippen LogP contribution >= 0.6 is 11.6 Å². The molecule has 30 heavy (non-hydrogen) atoms. The molecule has 6 rings (SSSR count). The van der Waals surface area contributed by atoms with Crippen LogP contribution in [0.4, 0.5) is 0 Å². The van der Waals surface area contributed by atoms with Gasteiger partial charge in [-0.15, -0.1) is 0 Å². The van der Waals surface area contributed by atoms with E-state index in [1.807, 2.05) is 48.5 Å². The molecule has 2 aromatic rings. The van der Waals surface area contributed by atoms with Crippen LogP contribution in [0.1, 0.15) is 45.4 Å². The van der Waals surface area contributed by atoms with Gasteiger partial charge in [-0.2, -0.15) is 0 Å². The van der Waals surface area contributed by atoms with E-state index in [9.17, 15) is 4.79 Å². The lowest BCUT2D eigenvalue weighted by Crippen LogP contribution is -2.56. The molecule has 4 fully saturated rings. The summed E-state index contributed by atoms with van der Waals surface area (Å²) in [6, 6.07) is 16.0. The molecule has 1 atom stereocenters. The van der Waals surface area contributed by atoms with E-state index >= 15 is 0 Å². The van der Waals surface area contributed by atoms with Gasteiger partial charge in [0.25, 0.3) is 5.91 Å². The van der Waals surface area contributed by atoms with Crippen molar-refractivity contribution in [1.29, 1.82) is 0 Å². The van der Waals surface area contributed by atoms with Crippen LogP contribution in [-0.2, 0) is 4.79 Å². The maximum absolute atomic E-state index is 12.6.